The molecule has 1 unspecified atom stereocenters. The fourth-order valence-corrected chi connectivity index (χ4v) is 4.05. The third kappa shape index (κ3) is 3.76. The van der Waals surface area contributed by atoms with Gasteiger partial charge in [0, 0.05) is 13.2 Å². The lowest BCUT2D eigenvalue weighted by atomic mass is 10.1. The molecule has 20 heavy (non-hydrogen) atoms. The number of benzene rings is 1. The van der Waals surface area contributed by atoms with Gasteiger partial charge in [-0.3, -0.25) is 0 Å². The van der Waals surface area contributed by atoms with Gasteiger partial charge in [0.2, 0.25) is 10.0 Å². The fourth-order valence-electron chi connectivity index (χ4n) is 2.18. The van der Waals surface area contributed by atoms with Crippen molar-refractivity contribution in [2.24, 2.45) is 5.73 Å². The molecule has 1 atom stereocenters. The predicted molar refractivity (Wildman–Crippen MR) is 81.9 cm³/mol. The number of thiocarbonyl (C=S) groups is 1. The monoisotopic (exact) mass is 314 g/mol. The molecule has 5 nitrogen and oxygen atoms in total. The first-order valence-electron chi connectivity index (χ1n) is 6.44. The van der Waals surface area contributed by atoms with E-state index in [1.807, 2.05) is 18.2 Å². The van der Waals surface area contributed by atoms with Crippen LogP contribution in [0.3, 0.4) is 0 Å². The molecule has 3 N–H and O–H groups in total. The molecule has 1 saturated heterocycles. The summed E-state index contributed by atoms with van der Waals surface area (Å²) < 4.78 is 32.6. The van der Waals surface area contributed by atoms with E-state index in [2.05, 4.69) is 4.72 Å². The second-order valence-corrected chi connectivity index (χ2v) is 7.18. The van der Waals surface area contributed by atoms with Gasteiger partial charge in [-0.15, -0.1) is 0 Å². The summed E-state index contributed by atoms with van der Waals surface area (Å²) in [5.74, 6) is 0. The van der Waals surface area contributed by atoms with Crippen LogP contribution >= 0.6 is 12.2 Å². The van der Waals surface area contributed by atoms with Crippen molar-refractivity contribution >= 4 is 27.2 Å². The van der Waals surface area contributed by atoms with Crippen molar-refractivity contribution in [2.45, 2.75) is 24.1 Å². The molecule has 0 radical (unpaired) electrons. The molecular weight excluding hydrogens is 296 g/mol. The maximum absolute atomic E-state index is 12.4. The van der Waals surface area contributed by atoms with Crippen molar-refractivity contribution in [1.82, 2.24) is 4.72 Å². The van der Waals surface area contributed by atoms with Gasteiger partial charge >= 0.3 is 0 Å². The Labute approximate surface area is 124 Å². The molecule has 2 rings (SSSR count). The fraction of sp³-hybridized carbons (Fsp3) is 0.462. The molecule has 1 heterocycles. The Morgan fingerprint density at radius 2 is 1.90 bits per heavy atom. The lowest BCUT2D eigenvalue weighted by Crippen LogP contribution is -2.43. The van der Waals surface area contributed by atoms with Gasteiger partial charge in [-0.05, 0) is 18.4 Å². The number of ether oxygens (including phenoxy) is 1. The van der Waals surface area contributed by atoms with E-state index >= 15 is 0 Å². The van der Waals surface area contributed by atoms with Crippen molar-refractivity contribution < 1.29 is 13.2 Å². The van der Waals surface area contributed by atoms with Crippen molar-refractivity contribution in [3.8, 4) is 0 Å². The van der Waals surface area contributed by atoms with Crippen molar-refractivity contribution in [3.05, 3.63) is 35.9 Å². The van der Waals surface area contributed by atoms with Crippen LogP contribution in [0.2, 0.25) is 0 Å². The Hall–Kier alpha value is -1.02. The van der Waals surface area contributed by atoms with E-state index in [9.17, 15) is 8.42 Å². The van der Waals surface area contributed by atoms with Crippen LogP contribution in [0.25, 0.3) is 0 Å². The highest BCUT2D eigenvalue weighted by molar-refractivity contribution is 7.90. The maximum atomic E-state index is 12.4. The smallest absolute Gasteiger partial charge is 0.215 e. The summed E-state index contributed by atoms with van der Waals surface area (Å²) in [6.45, 7) is 0.934. The zero-order valence-corrected chi connectivity index (χ0v) is 12.6. The number of hydrogen-bond acceptors (Lipinski definition) is 4. The first kappa shape index (κ1) is 15.4. The van der Waals surface area contributed by atoms with Gasteiger partial charge in [0.1, 0.15) is 0 Å². The molecule has 0 aliphatic carbocycles. The Kier molecular flexibility index (Phi) is 5.09. The summed E-state index contributed by atoms with van der Waals surface area (Å²) in [6, 6.07) is 8.44. The summed E-state index contributed by atoms with van der Waals surface area (Å²) in [5.41, 5.74) is 6.43. The van der Waals surface area contributed by atoms with E-state index in [0.29, 0.717) is 26.1 Å². The highest BCUT2D eigenvalue weighted by Gasteiger charge is 2.31. The summed E-state index contributed by atoms with van der Waals surface area (Å²) in [4.78, 5) is 0.117. The summed E-state index contributed by atoms with van der Waals surface area (Å²) in [5, 5.41) is -0.447. The van der Waals surface area contributed by atoms with E-state index in [1.54, 1.807) is 12.1 Å². The van der Waals surface area contributed by atoms with Crippen LogP contribution in [0.4, 0.5) is 0 Å². The summed E-state index contributed by atoms with van der Waals surface area (Å²) >= 11 is 4.99. The van der Waals surface area contributed by atoms with Gasteiger partial charge in [-0.25, -0.2) is 13.1 Å². The molecule has 0 aromatic heterocycles. The molecule has 1 aromatic rings. The molecule has 1 aliphatic heterocycles. The Balaban J connectivity index is 2.18. The SMILES string of the molecule is NC(=S)C(NS(=O)(=O)C1CCOCC1)c1ccccc1. The van der Waals surface area contributed by atoms with Crippen LogP contribution in [0, 0.1) is 0 Å². The van der Waals surface area contributed by atoms with Crippen LogP contribution in [-0.4, -0.2) is 31.9 Å². The second-order valence-electron chi connectivity index (χ2n) is 4.72. The zero-order chi connectivity index (χ0) is 14.6. The lowest BCUT2D eigenvalue weighted by Gasteiger charge is -2.25. The second kappa shape index (κ2) is 6.62. The van der Waals surface area contributed by atoms with Crippen LogP contribution in [-0.2, 0) is 14.8 Å². The Morgan fingerprint density at radius 1 is 1.30 bits per heavy atom. The van der Waals surface area contributed by atoms with Gasteiger partial charge in [-0.1, -0.05) is 42.5 Å². The van der Waals surface area contributed by atoms with E-state index in [-0.39, 0.29) is 4.99 Å². The number of sulfonamides is 1. The van der Waals surface area contributed by atoms with E-state index in [1.165, 1.54) is 0 Å². The van der Waals surface area contributed by atoms with E-state index in [0.717, 1.165) is 5.56 Å². The Morgan fingerprint density at radius 3 is 2.45 bits per heavy atom. The summed E-state index contributed by atoms with van der Waals surface area (Å²) in [7, 11) is -3.47. The van der Waals surface area contributed by atoms with Crippen molar-refractivity contribution in [2.75, 3.05) is 13.2 Å². The van der Waals surface area contributed by atoms with Crippen LogP contribution in [0.1, 0.15) is 24.4 Å². The molecular formula is C13H18N2O3S2. The first-order chi connectivity index (χ1) is 9.50. The van der Waals surface area contributed by atoms with Crippen LogP contribution < -0.4 is 10.5 Å². The number of nitrogens with one attached hydrogen (secondary N) is 1. The molecule has 1 fully saturated rings. The van der Waals surface area contributed by atoms with Gasteiger partial charge in [0.25, 0.3) is 0 Å². The molecule has 7 heteroatoms. The summed E-state index contributed by atoms with van der Waals surface area (Å²) in [6.07, 6.45) is 0.988. The molecule has 1 aromatic carbocycles. The predicted octanol–water partition coefficient (Wildman–Crippen LogP) is 1.11. The topological polar surface area (TPSA) is 81.4 Å². The van der Waals surface area contributed by atoms with Crippen LogP contribution in [0.15, 0.2) is 30.3 Å². The van der Waals surface area contributed by atoms with E-state index in [4.69, 9.17) is 22.7 Å². The van der Waals surface area contributed by atoms with Crippen molar-refractivity contribution in [1.29, 1.82) is 0 Å². The molecule has 0 bridgehead atoms. The van der Waals surface area contributed by atoms with Gasteiger partial charge in [0.05, 0.1) is 16.3 Å². The zero-order valence-electron chi connectivity index (χ0n) is 11.0. The molecule has 110 valence electrons. The normalized spacial score (nSPS) is 18.6. The minimum atomic E-state index is -3.47. The van der Waals surface area contributed by atoms with Gasteiger partial charge in [-0.2, -0.15) is 0 Å². The van der Waals surface area contributed by atoms with Crippen LogP contribution in [0.5, 0.6) is 0 Å². The minimum Gasteiger partial charge on any atom is -0.392 e. The molecule has 0 amide bonds. The highest BCUT2D eigenvalue weighted by atomic mass is 32.2. The molecule has 0 saturated carbocycles. The maximum Gasteiger partial charge on any atom is 0.215 e. The molecule has 0 spiro atoms. The average molecular weight is 314 g/mol. The number of hydrogen-bond donors (Lipinski definition) is 2. The lowest BCUT2D eigenvalue weighted by molar-refractivity contribution is 0.0981. The van der Waals surface area contributed by atoms with Crippen molar-refractivity contribution in [3.63, 3.8) is 0 Å². The quantitative estimate of drug-likeness (QED) is 0.796. The number of nitrogens with two attached hydrogens (primary N) is 1. The van der Waals surface area contributed by atoms with Gasteiger partial charge < -0.3 is 10.5 Å². The third-order valence-corrected chi connectivity index (χ3v) is 5.46. The largest absolute Gasteiger partial charge is 0.392 e. The number of rotatable bonds is 5. The average Bonchev–Trinajstić information content (AvgIpc) is 2.46. The van der Waals surface area contributed by atoms with E-state index < -0.39 is 21.3 Å². The Bertz CT molecular complexity index is 554. The first-order valence-corrected chi connectivity index (χ1v) is 8.39. The van der Waals surface area contributed by atoms with Gasteiger partial charge in [0.15, 0.2) is 0 Å². The minimum absolute atomic E-state index is 0.117. The standard InChI is InChI=1S/C13H18N2O3S2/c14-13(19)12(10-4-2-1-3-5-10)15-20(16,17)11-6-8-18-9-7-11/h1-5,11-12,15H,6-9H2,(H2,14,19). The highest BCUT2D eigenvalue weighted by Crippen LogP contribution is 2.20. The molecule has 1 aliphatic rings. The third-order valence-electron chi connectivity index (χ3n) is 3.31.